The van der Waals surface area contributed by atoms with Gasteiger partial charge in [-0.15, -0.1) is 0 Å². The van der Waals surface area contributed by atoms with E-state index in [2.05, 4.69) is 18.8 Å². The van der Waals surface area contributed by atoms with E-state index in [0.717, 1.165) is 28.6 Å². The van der Waals surface area contributed by atoms with E-state index in [-0.39, 0.29) is 11.9 Å². The van der Waals surface area contributed by atoms with Gasteiger partial charge in [-0.25, -0.2) is 4.79 Å². The molecule has 140 valence electrons. The van der Waals surface area contributed by atoms with Crippen LogP contribution < -0.4 is 0 Å². The molecule has 0 saturated heterocycles. The summed E-state index contributed by atoms with van der Waals surface area (Å²) in [5.41, 5.74) is 3.68. The van der Waals surface area contributed by atoms with E-state index in [4.69, 9.17) is 9.47 Å². The molecule has 6 nitrogen and oxygen atoms in total. The summed E-state index contributed by atoms with van der Waals surface area (Å²) in [5.74, 6) is 0.0413. The summed E-state index contributed by atoms with van der Waals surface area (Å²) in [6.07, 6.45) is 0.315. The van der Waals surface area contributed by atoms with Crippen LogP contribution in [0.1, 0.15) is 42.4 Å². The molecule has 1 amide bonds. The molecule has 6 heteroatoms. The van der Waals surface area contributed by atoms with Crippen molar-refractivity contribution in [2.24, 2.45) is 5.92 Å². The molecule has 1 aliphatic rings. The molecule has 2 heterocycles. The topological polar surface area (TPSA) is 71.6 Å². The molecule has 0 saturated carbocycles. The zero-order chi connectivity index (χ0) is 18.8. The standard InChI is InChI=1S/C20H26N2O4/c1-12(2)11-26-13(3)19(23)22-8-7-18-16(10-22)15-9-14(20(24)25-4)5-6-17(15)21-18/h5-6,9,12-13,21H,7-8,10-11H2,1-4H3/t13-/m0/s1. The van der Waals surface area contributed by atoms with Gasteiger partial charge in [0, 0.05) is 48.3 Å². The number of nitrogens with one attached hydrogen (secondary N) is 1. The van der Waals surface area contributed by atoms with Crippen molar-refractivity contribution in [3.05, 3.63) is 35.0 Å². The maximum atomic E-state index is 12.7. The zero-order valence-corrected chi connectivity index (χ0v) is 15.8. The van der Waals surface area contributed by atoms with Gasteiger partial charge < -0.3 is 19.4 Å². The van der Waals surface area contributed by atoms with Crippen LogP contribution in [-0.2, 0) is 27.2 Å². The first kappa shape index (κ1) is 18.5. The molecule has 2 aromatic rings. The van der Waals surface area contributed by atoms with E-state index in [0.29, 0.717) is 31.2 Å². The van der Waals surface area contributed by atoms with Crippen molar-refractivity contribution in [3.63, 3.8) is 0 Å². The van der Waals surface area contributed by atoms with Crippen molar-refractivity contribution in [2.75, 3.05) is 20.3 Å². The molecular formula is C20H26N2O4. The largest absolute Gasteiger partial charge is 0.465 e. The fraction of sp³-hybridized carbons (Fsp3) is 0.500. The Balaban J connectivity index is 1.82. The highest BCUT2D eigenvalue weighted by Gasteiger charge is 2.27. The van der Waals surface area contributed by atoms with Gasteiger partial charge in [-0.3, -0.25) is 4.79 Å². The van der Waals surface area contributed by atoms with Crippen molar-refractivity contribution in [2.45, 2.75) is 39.8 Å². The summed E-state index contributed by atoms with van der Waals surface area (Å²) in [4.78, 5) is 29.8. The summed E-state index contributed by atoms with van der Waals surface area (Å²) >= 11 is 0. The molecule has 0 spiro atoms. The molecule has 1 aromatic heterocycles. The first-order valence-corrected chi connectivity index (χ1v) is 9.03. The fourth-order valence-electron chi connectivity index (χ4n) is 3.31. The minimum atomic E-state index is -0.449. The van der Waals surface area contributed by atoms with Crippen LogP contribution >= 0.6 is 0 Å². The van der Waals surface area contributed by atoms with Crippen LogP contribution in [0.25, 0.3) is 10.9 Å². The fourth-order valence-corrected chi connectivity index (χ4v) is 3.31. The summed E-state index contributed by atoms with van der Waals surface area (Å²) in [7, 11) is 1.37. The molecule has 0 fully saturated rings. The molecule has 26 heavy (non-hydrogen) atoms. The molecule has 0 bridgehead atoms. The van der Waals surface area contributed by atoms with Gasteiger partial charge in [0.15, 0.2) is 0 Å². The third-order valence-corrected chi connectivity index (χ3v) is 4.74. The van der Waals surface area contributed by atoms with Gasteiger partial charge in [0.25, 0.3) is 5.91 Å². The normalized spacial score (nSPS) is 15.2. The quantitative estimate of drug-likeness (QED) is 0.834. The van der Waals surface area contributed by atoms with E-state index in [1.165, 1.54) is 7.11 Å². The second kappa shape index (κ2) is 7.50. The highest BCUT2D eigenvalue weighted by atomic mass is 16.5. The van der Waals surface area contributed by atoms with Crippen molar-refractivity contribution >= 4 is 22.8 Å². The summed E-state index contributed by atoms with van der Waals surface area (Å²) < 4.78 is 10.5. The number of esters is 1. The summed E-state index contributed by atoms with van der Waals surface area (Å²) in [5, 5.41) is 0.969. The number of methoxy groups -OCH3 is 1. The maximum Gasteiger partial charge on any atom is 0.337 e. The SMILES string of the molecule is COC(=O)c1ccc2[nH]c3c(c2c1)CN(C(=O)[C@H](C)OCC(C)C)CC3. The van der Waals surface area contributed by atoms with E-state index in [1.54, 1.807) is 6.07 Å². The van der Waals surface area contributed by atoms with E-state index in [1.807, 2.05) is 24.0 Å². The lowest BCUT2D eigenvalue weighted by Gasteiger charge is -2.29. The predicted octanol–water partition coefficient (Wildman–Crippen LogP) is 2.90. The highest BCUT2D eigenvalue weighted by molar-refractivity contribution is 5.96. The number of H-pyrrole nitrogens is 1. The lowest BCUT2D eigenvalue weighted by molar-refractivity contribution is -0.144. The number of aromatic nitrogens is 1. The van der Waals surface area contributed by atoms with Crippen LogP contribution in [0.15, 0.2) is 18.2 Å². The number of amides is 1. The third-order valence-electron chi connectivity index (χ3n) is 4.74. The van der Waals surface area contributed by atoms with Crippen LogP contribution in [0.5, 0.6) is 0 Å². The van der Waals surface area contributed by atoms with E-state index in [9.17, 15) is 9.59 Å². The minimum absolute atomic E-state index is 0.00905. The van der Waals surface area contributed by atoms with Gasteiger partial charge in [-0.1, -0.05) is 13.8 Å². The first-order valence-electron chi connectivity index (χ1n) is 9.03. The smallest absolute Gasteiger partial charge is 0.337 e. The molecule has 3 rings (SSSR count). The highest BCUT2D eigenvalue weighted by Crippen LogP contribution is 2.29. The average Bonchev–Trinajstić information content (AvgIpc) is 3.01. The van der Waals surface area contributed by atoms with Crippen molar-refractivity contribution in [3.8, 4) is 0 Å². The predicted molar refractivity (Wildman–Crippen MR) is 99.0 cm³/mol. The van der Waals surface area contributed by atoms with Gasteiger partial charge in [-0.05, 0) is 31.0 Å². The van der Waals surface area contributed by atoms with Crippen molar-refractivity contribution in [1.29, 1.82) is 0 Å². The lowest BCUT2D eigenvalue weighted by atomic mass is 10.0. The number of ether oxygens (including phenoxy) is 2. The number of carbonyl (C=O) groups excluding carboxylic acids is 2. The monoisotopic (exact) mass is 358 g/mol. The van der Waals surface area contributed by atoms with Crippen LogP contribution in [0.3, 0.4) is 0 Å². The summed E-state index contributed by atoms with van der Waals surface area (Å²) in [6, 6.07) is 5.48. The van der Waals surface area contributed by atoms with Crippen LogP contribution in [0.2, 0.25) is 0 Å². The van der Waals surface area contributed by atoms with Crippen LogP contribution in [0, 0.1) is 5.92 Å². The van der Waals surface area contributed by atoms with Crippen LogP contribution in [0.4, 0.5) is 0 Å². The zero-order valence-electron chi connectivity index (χ0n) is 15.8. The van der Waals surface area contributed by atoms with Gasteiger partial charge in [0.2, 0.25) is 0 Å². The van der Waals surface area contributed by atoms with Crippen molar-refractivity contribution < 1.29 is 19.1 Å². The Morgan fingerprint density at radius 1 is 1.27 bits per heavy atom. The number of benzene rings is 1. The van der Waals surface area contributed by atoms with E-state index >= 15 is 0 Å². The number of rotatable bonds is 5. The molecule has 1 atom stereocenters. The van der Waals surface area contributed by atoms with Gasteiger partial charge in [-0.2, -0.15) is 0 Å². The third kappa shape index (κ3) is 3.60. The second-order valence-corrected chi connectivity index (χ2v) is 7.21. The van der Waals surface area contributed by atoms with E-state index < -0.39 is 6.10 Å². The molecule has 1 aliphatic heterocycles. The van der Waals surface area contributed by atoms with Gasteiger partial charge in [0.1, 0.15) is 6.10 Å². The molecule has 1 N–H and O–H groups in total. The Bertz CT molecular complexity index is 825. The number of aromatic amines is 1. The molecule has 1 aromatic carbocycles. The molecule has 0 unspecified atom stereocenters. The van der Waals surface area contributed by atoms with Gasteiger partial charge in [0.05, 0.1) is 12.7 Å². The second-order valence-electron chi connectivity index (χ2n) is 7.21. The van der Waals surface area contributed by atoms with Crippen molar-refractivity contribution in [1.82, 2.24) is 9.88 Å². The number of fused-ring (bicyclic) bond motifs is 3. The summed E-state index contributed by atoms with van der Waals surface area (Å²) in [6.45, 7) is 7.70. The Morgan fingerprint density at radius 2 is 2.04 bits per heavy atom. The Morgan fingerprint density at radius 3 is 2.73 bits per heavy atom. The number of hydrogen-bond acceptors (Lipinski definition) is 4. The minimum Gasteiger partial charge on any atom is -0.465 e. The Hall–Kier alpha value is -2.34. The first-order chi connectivity index (χ1) is 12.4. The number of hydrogen-bond donors (Lipinski definition) is 1. The Labute approximate surface area is 153 Å². The average molecular weight is 358 g/mol. The molecule has 0 radical (unpaired) electrons. The lowest BCUT2D eigenvalue weighted by Crippen LogP contribution is -2.42. The van der Waals surface area contributed by atoms with Crippen LogP contribution in [-0.4, -0.2) is 48.1 Å². The Kier molecular flexibility index (Phi) is 5.32. The maximum absolute atomic E-state index is 12.7. The number of nitrogens with zero attached hydrogens (tertiary/aromatic N) is 1. The number of carbonyl (C=O) groups is 2. The molecule has 0 aliphatic carbocycles. The molecular weight excluding hydrogens is 332 g/mol. The van der Waals surface area contributed by atoms with Gasteiger partial charge >= 0.3 is 5.97 Å².